The summed E-state index contributed by atoms with van der Waals surface area (Å²) in [5, 5.41) is 11.1. The number of carbonyl (C=O) groups excluding carboxylic acids is 2. The van der Waals surface area contributed by atoms with Gasteiger partial charge in [-0.3, -0.25) is 9.59 Å². The number of hydrogen-bond acceptors (Lipinski definition) is 3. The fourth-order valence-electron chi connectivity index (χ4n) is 3.08. The van der Waals surface area contributed by atoms with E-state index in [9.17, 15) is 14.7 Å². The molecule has 2 aromatic carbocycles. The van der Waals surface area contributed by atoms with Crippen LogP contribution in [0.15, 0.2) is 46.9 Å². The van der Waals surface area contributed by atoms with Gasteiger partial charge in [0, 0.05) is 22.1 Å². The number of likely N-dealkylation sites (N-methyl/N-ethyl adjacent to an activating group) is 1. The van der Waals surface area contributed by atoms with Crippen LogP contribution in [0.3, 0.4) is 0 Å². The molecule has 1 aliphatic rings. The minimum atomic E-state index is -1.82. The Balaban J connectivity index is 2.00. The summed E-state index contributed by atoms with van der Waals surface area (Å²) in [5.41, 5.74) is 0.855. The molecule has 5 heteroatoms. The first kappa shape index (κ1) is 16.9. The molecule has 1 atom stereocenters. The molecule has 24 heavy (non-hydrogen) atoms. The van der Waals surface area contributed by atoms with Crippen LogP contribution < -0.4 is 4.90 Å². The molecule has 1 N–H and O–H groups in total. The molecule has 1 heterocycles. The molecular weight excluding hydrogens is 370 g/mol. The number of aliphatic hydroxyl groups is 1. The average molecular weight is 388 g/mol. The number of fused-ring (bicyclic) bond motifs is 1. The highest BCUT2D eigenvalue weighted by molar-refractivity contribution is 9.10. The molecule has 0 aliphatic carbocycles. The summed E-state index contributed by atoms with van der Waals surface area (Å²) in [5.74, 6) is -0.701. The summed E-state index contributed by atoms with van der Waals surface area (Å²) in [7, 11) is 0. The Kier molecular flexibility index (Phi) is 4.32. The van der Waals surface area contributed by atoms with E-state index in [2.05, 4.69) is 15.9 Å². The number of Topliss-reactive ketones (excluding diaryl/α,β-unsaturated/α-hetero) is 1. The monoisotopic (exact) mass is 387 g/mol. The van der Waals surface area contributed by atoms with Crippen LogP contribution in [0.1, 0.15) is 34.8 Å². The number of rotatable bonds is 4. The second-order valence-corrected chi connectivity index (χ2v) is 6.95. The van der Waals surface area contributed by atoms with Crippen LogP contribution in [0.25, 0.3) is 0 Å². The highest BCUT2D eigenvalue weighted by atomic mass is 79.9. The van der Waals surface area contributed by atoms with E-state index in [4.69, 9.17) is 0 Å². The van der Waals surface area contributed by atoms with Gasteiger partial charge in [0.05, 0.1) is 12.1 Å². The number of aryl methyl sites for hydroxylation is 1. The zero-order valence-electron chi connectivity index (χ0n) is 13.5. The van der Waals surface area contributed by atoms with Crippen LogP contribution in [-0.2, 0) is 10.4 Å². The Morgan fingerprint density at radius 3 is 2.50 bits per heavy atom. The molecule has 2 aromatic rings. The molecule has 0 fully saturated rings. The Labute approximate surface area is 149 Å². The molecule has 0 unspecified atom stereocenters. The zero-order valence-corrected chi connectivity index (χ0v) is 15.1. The topological polar surface area (TPSA) is 57.6 Å². The lowest BCUT2D eigenvalue weighted by atomic mass is 9.88. The molecule has 1 amide bonds. The van der Waals surface area contributed by atoms with Crippen molar-refractivity contribution < 1.29 is 14.7 Å². The van der Waals surface area contributed by atoms with E-state index in [1.54, 1.807) is 24.3 Å². The van der Waals surface area contributed by atoms with Crippen molar-refractivity contribution in [2.45, 2.75) is 25.9 Å². The van der Waals surface area contributed by atoms with Gasteiger partial charge in [-0.25, -0.2) is 0 Å². The van der Waals surface area contributed by atoms with Gasteiger partial charge < -0.3 is 10.0 Å². The predicted octanol–water partition coefficient (Wildman–Crippen LogP) is 3.58. The number of carbonyl (C=O) groups is 2. The third-order valence-electron chi connectivity index (χ3n) is 4.40. The van der Waals surface area contributed by atoms with Crippen molar-refractivity contribution in [3.8, 4) is 0 Å². The molecule has 4 nitrogen and oxygen atoms in total. The lowest BCUT2D eigenvalue weighted by Crippen LogP contribution is -2.41. The van der Waals surface area contributed by atoms with Gasteiger partial charge in [-0.05, 0) is 32.0 Å². The summed E-state index contributed by atoms with van der Waals surface area (Å²) in [6.07, 6.45) is -0.269. The maximum absolute atomic E-state index is 12.8. The molecule has 0 saturated carbocycles. The number of ketones is 1. The highest BCUT2D eigenvalue weighted by Gasteiger charge is 2.50. The van der Waals surface area contributed by atoms with Crippen molar-refractivity contribution in [2.24, 2.45) is 0 Å². The first-order valence-corrected chi connectivity index (χ1v) is 8.60. The molecule has 3 rings (SSSR count). The minimum absolute atomic E-state index is 0.255. The lowest BCUT2D eigenvalue weighted by molar-refractivity contribution is -0.135. The largest absolute Gasteiger partial charge is 0.375 e. The SMILES string of the molecule is CCN1C(=O)[C@@](O)(CC(=O)c2ccc(C)cc2)c2cc(Br)ccc21. The van der Waals surface area contributed by atoms with Gasteiger partial charge in [-0.2, -0.15) is 0 Å². The van der Waals surface area contributed by atoms with E-state index >= 15 is 0 Å². The summed E-state index contributed by atoms with van der Waals surface area (Å²) in [4.78, 5) is 26.9. The van der Waals surface area contributed by atoms with Gasteiger partial charge in [-0.1, -0.05) is 45.8 Å². The predicted molar refractivity (Wildman–Crippen MR) is 96.2 cm³/mol. The Morgan fingerprint density at radius 2 is 1.88 bits per heavy atom. The third-order valence-corrected chi connectivity index (χ3v) is 4.89. The Morgan fingerprint density at radius 1 is 1.21 bits per heavy atom. The molecule has 0 saturated heterocycles. The number of benzene rings is 2. The summed E-state index contributed by atoms with van der Waals surface area (Å²) in [6, 6.07) is 12.5. The quantitative estimate of drug-likeness (QED) is 0.815. The molecule has 124 valence electrons. The first-order chi connectivity index (χ1) is 11.4. The van der Waals surface area contributed by atoms with E-state index < -0.39 is 11.5 Å². The number of nitrogens with zero attached hydrogens (tertiary/aromatic N) is 1. The van der Waals surface area contributed by atoms with E-state index in [0.29, 0.717) is 23.4 Å². The van der Waals surface area contributed by atoms with Gasteiger partial charge >= 0.3 is 0 Å². The van der Waals surface area contributed by atoms with E-state index in [-0.39, 0.29) is 12.2 Å². The molecule has 0 spiro atoms. The molecule has 0 bridgehead atoms. The van der Waals surface area contributed by atoms with Crippen LogP contribution in [-0.4, -0.2) is 23.3 Å². The van der Waals surface area contributed by atoms with Crippen molar-refractivity contribution in [1.82, 2.24) is 0 Å². The molecule has 0 radical (unpaired) electrons. The van der Waals surface area contributed by atoms with Crippen LogP contribution >= 0.6 is 15.9 Å². The van der Waals surface area contributed by atoms with E-state index in [1.807, 2.05) is 32.0 Å². The zero-order chi connectivity index (χ0) is 17.5. The van der Waals surface area contributed by atoms with Gasteiger partial charge in [0.15, 0.2) is 11.4 Å². The number of halogens is 1. The van der Waals surface area contributed by atoms with Crippen LogP contribution in [0, 0.1) is 6.92 Å². The smallest absolute Gasteiger partial charge is 0.264 e. The molecular formula is C19H18BrNO3. The van der Waals surface area contributed by atoms with Crippen molar-refractivity contribution >= 4 is 33.3 Å². The Bertz CT molecular complexity index is 816. The van der Waals surface area contributed by atoms with Crippen molar-refractivity contribution in [2.75, 3.05) is 11.4 Å². The van der Waals surface area contributed by atoms with Crippen molar-refractivity contribution in [3.63, 3.8) is 0 Å². The first-order valence-electron chi connectivity index (χ1n) is 7.81. The lowest BCUT2D eigenvalue weighted by Gasteiger charge is -2.22. The molecule has 1 aliphatic heterocycles. The van der Waals surface area contributed by atoms with Gasteiger partial charge in [0.25, 0.3) is 5.91 Å². The standard InChI is InChI=1S/C19H18BrNO3/c1-3-21-16-9-8-14(20)10-15(16)19(24,18(21)23)11-17(22)13-6-4-12(2)5-7-13/h4-10,24H,3,11H2,1-2H3/t19-/m1/s1. The van der Waals surface area contributed by atoms with Gasteiger partial charge in [0.1, 0.15) is 0 Å². The van der Waals surface area contributed by atoms with Crippen molar-refractivity contribution in [1.29, 1.82) is 0 Å². The fourth-order valence-corrected chi connectivity index (χ4v) is 3.44. The normalized spacial score (nSPS) is 19.5. The van der Waals surface area contributed by atoms with Crippen LogP contribution in [0.4, 0.5) is 5.69 Å². The number of amides is 1. The molecule has 0 aromatic heterocycles. The van der Waals surface area contributed by atoms with Crippen LogP contribution in [0.2, 0.25) is 0 Å². The van der Waals surface area contributed by atoms with Crippen LogP contribution in [0.5, 0.6) is 0 Å². The Hall–Kier alpha value is -1.98. The van der Waals surface area contributed by atoms with Gasteiger partial charge in [-0.15, -0.1) is 0 Å². The maximum Gasteiger partial charge on any atom is 0.264 e. The second-order valence-electron chi connectivity index (χ2n) is 6.04. The average Bonchev–Trinajstić information content (AvgIpc) is 2.76. The van der Waals surface area contributed by atoms with E-state index in [0.717, 1.165) is 10.0 Å². The second kappa shape index (κ2) is 6.15. The van der Waals surface area contributed by atoms with E-state index in [1.165, 1.54) is 4.90 Å². The third kappa shape index (κ3) is 2.68. The summed E-state index contributed by atoms with van der Waals surface area (Å²) < 4.78 is 0.758. The summed E-state index contributed by atoms with van der Waals surface area (Å²) >= 11 is 3.37. The van der Waals surface area contributed by atoms with Crippen molar-refractivity contribution in [3.05, 3.63) is 63.6 Å². The minimum Gasteiger partial charge on any atom is -0.375 e. The highest BCUT2D eigenvalue weighted by Crippen LogP contribution is 2.43. The number of anilines is 1. The maximum atomic E-state index is 12.8. The summed E-state index contributed by atoms with van der Waals surface area (Å²) in [6.45, 7) is 4.22. The fraction of sp³-hybridized carbons (Fsp3) is 0.263. The van der Waals surface area contributed by atoms with Gasteiger partial charge in [0.2, 0.25) is 0 Å². The number of hydrogen-bond donors (Lipinski definition) is 1.